The van der Waals surface area contributed by atoms with Crippen LogP contribution in [0.4, 0.5) is 4.79 Å². The second-order valence-electron chi connectivity index (χ2n) is 4.23. The van der Waals surface area contributed by atoms with E-state index in [1.807, 2.05) is 13.8 Å². The van der Waals surface area contributed by atoms with Gasteiger partial charge in [-0.25, -0.2) is 4.79 Å². The highest BCUT2D eigenvalue weighted by atomic mass is 16.6. The maximum Gasteiger partial charge on any atom is 0.410 e. The lowest BCUT2D eigenvalue weighted by atomic mass is 10.1. The van der Waals surface area contributed by atoms with E-state index < -0.39 is 12.1 Å². The molecule has 0 spiro atoms. The molecule has 1 rings (SSSR count). The number of hydrogen-bond donors (Lipinski definition) is 1. The predicted octanol–water partition coefficient (Wildman–Crippen LogP) is 1.33. The highest BCUT2D eigenvalue weighted by Gasteiger charge is 2.28. The first-order valence-electron chi connectivity index (χ1n) is 5.16. The van der Waals surface area contributed by atoms with E-state index in [0.29, 0.717) is 25.4 Å². The molecule has 1 atom stereocenters. The number of carbonyl (C=O) groups is 2. The summed E-state index contributed by atoms with van der Waals surface area (Å²) < 4.78 is 5.02. The second-order valence-corrected chi connectivity index (χ2v) is 4.23. The Kier molecular flexibility index (Phi) is 3.94. The summed E-state index contributed by atoms with van der Waals surface area (Å²) in [6.07, 6.45) is -0.342. The van der Waals surface area contributed by atoms with Crippen LogP contribution in [0.3, 0.4) is 0 Å². The van der Waals surface area contributed by atoms with Gasteiger partial charge in [-0.2, -0.15) is 0 Å². The summed E-state index contributed by atoms with van der Waals surface area (Å²) in [4.78, 5) is 23.5. The van der Waals surface area contributed by atoms with Crippen molar-refractivity contribution in [1.82, 2.24) is 4.90 Å². The van der Waals surface area contributed by atoms with E-state index in [1.54, 1.807) is 4.90 Å². The van der Waals surface area contributed by atoms with Crippen LogP contribution in [0, 0.1) is 5.92 Å². The van der Waals surface area contributed by atoms with Crippen molar-refractivity contribution in [3.8, 4) is 0 Å². The molecular weight excluding hydrogens is 198 g/mol. The van der Waals surface area contributed by atoms with Crippen LogP contribution in [0.1, 0.15) is 26.7 Å². The van der Waals surface area contributed by atoms with Gasteiger partial charge in [0, 0.05) is 19.5 Å². The van der Waals surface area contributed by atoms with E-state index >= 15 is 0 Å². The van der Waals surface area contributed by atoms with Crippen LogP contribution in [0.15, 0.2) is 0 Å². The lowest BCUT2D eigenvalue weighted by molar-refractivity contribution is -0.139. The molecule has 1 aliphatic heterocycles. The fourth-order valence-electron chi connectivity index (χ4n) is 1.61. The number of cyclic esters (lactones) is 1. The van der Waals surface area contributed by atoms with Crippen molar-refractivity contribution >= 4 is 12.1 Å². The number of nitrogens with zero attached hydrogens (tertiary/aromatic N) is 1. The Hall–Kier alpha value is -1.26. The van der Waals surface area contributed by atoms with E-state index in [9.17, 15) is 9.59 Å². The average Bonchev–Trinajstić information content (AvgIpc) is 2.08. The van der Waals surface area contributed by atoms with Gasteiger partial charge in [-0.15, -0.1) is 0 Å². The van der Waals surface area contributed by atoms with Gasteiger partial charge in [0.2, 0.25) is 0 Å². The lowest BCUT2D eigenvalue weighted by Crippen LogP contribution is -2.44. The van der Waals surface area contributed by atoms with Crippen molar-refractivity contribution < 1.29 is 19.4 Å². The number of carbonyl (C=O) groups excluding carboxylic acids is 1. The van der Waals surface area contributed by atoms with E-state index in [0.717, 1.165) is 0 Å². The molecule has 1 fully saturated rings. The number of carboxylic acid groups (broad SMARTS) is 1. The summed E-state index contributed by atoms with van der Waals surface area (Å²) in [7, 11) is 0. The summed E-state index contributed by atoms with van der Waals surface area (Å²) in [5.74, 6) is -0.529. The molecule has 0 radical (unpaired) electrons. The van der Waals surface area contributed by atoms with E-state index in [-0.39, 0.29) is 12.5 Å². The summed E-state index contributed by atoms with van der Waals surface area (Å²) in [6, 6.07) is 0. The van der Waals surface area contributed by atoms with Gasteiger partial charge in [-0.05, 0) is 5.92 Å². The Morgan fingerprint density at radius 1 is 1.67 bits per heavy atom. The normalized spacial score (nSPS) is 21.7. The maximum absolute atomic E-state index is 11.4. The van der Waals surface area contributed by atoms with Gasteiger partial charge >= 0.3 is 12.1 Å². The molecule has 5 nitrogen and oxygen atoms in total. The minimum atomic E-state index is -0.926. The van der Waals surface area contributed by atoms with Crippen molar-refractivity contribution in [3.05, 3.63) is 0 Å². The van der Waals surface area contributed by atoms with Crippen LogP contribution < -0.4 is 0 Å². The number of rotatable bonds is 4. The number of amides is 1. The predicted molar refractivity (Wildman–Crippen MR) is 53.5 cm³/mol. The molecule has 1 saturated heterocycles. The Labute approximate surface area is 89.0 Å². The van der Waals surface area contributed by atoms with E-state index in [1.165, 1.54) is 0 Å². The number of carboxylic acids is 1. The smallest absolute Gasteiger partial charge is 0.410 e. The quantitative estimate of drug-likeness (QED) is 0.768. The molecule has 1 N–H and O–H groups in total. The molecule has 1 aliphatic rings. The summed E-state index contributed by atoms with van der Waals surface area (Å²) in [5, 5.41) is 8.56. The van der Waals surface area contributed by atoms with Crippen molar-refractivity contribution in [2.24, 2.45) is 5.92 Å². The second kappa shape index (κ2) is 5.00. The van der Waals surface area contributed by atoms with Crippen molar-refractivity contribution in [2.45, 2.75) is 32.8 Å². The average molecular weight is 215 g/mol. The van der Waals surface area contributed by atoms with Gasteiger partial charge in [-0.1, -0.05) is 13.8 Å². The molecule has 1 unspecified atom stereocenters. The van der Waals surface area contributed by atoms with Crippen LogP contribution in [-0.2, 0) is 9.53 Å². The third-order valence-electron chi connectivity index (χ3n) is 2.23. The number of aliphatic carboxylic acids is 1. The molecule has 86 valence electrons. The van der Waals surface area contributed by atoms with Crippen LogP contribution in [0.25, 0.3) is 0 Å². The first-order chi connectivity index (χ1) is 6.99. The SMILES string of the molecule is CC(C)CN1CCC(CC(=O)O)OC1=O. The molecule has 0 aromatic heterocycles. The van der Waals surface area contributed by atoms with Gasteiger partial charge in [0.25, 0.3) is 0 Å². The minimum Gasteiger partial charge on any atom is -0.481 e. The third kappa shape index (κ3) is 3.77. The number of hydrogen-bond acceptors (Lipinski definition) is 3. The van der Waals surface area contributed by atoms with E-state index in [4.69, 9.17) is 9.84 Å². The van der Waals surface area contributed by atoms with Crippen molar-refractivity contribution in [2.75, 3.05) is 13.1 Å². The van der Waals surface area contributed by atoms with Gasteiger partial charge in [0.15, 0.2) is 0 Å². The van der Waals surface area contributed by atoms with Crippen molar-refractivity contribution in [3.63, 3.8) is 0 Å². The summed E-state index contributed by atoms with van der Waals surface area (Å²) >= 11 is 0. The lowest BCUT2D eigenvalue weighted by Gasteiger charge is -2.32. The highest BCUT2D eigenvalue weighted by molar-refractivity contribution is 5.71. The zero-order valence-corrected chi connectivity index (χ0v) is 9.10. The molecule has 1 heterocycles. The maximum atomic E-state index is 11.4. The molecule has 15 heavy (non-hydrogen) atoms. The number of ether oxygens (including phenoxy) is 1. The van der Waals surface area contributed by atoms with Crippen LogP contribution in [0.5, 0.6) is 0 Å². The zero-order chi connectivity index (χ0) is 11.4. The molecular formula is C10H17NO4. The Balaban J connectivity index is 2.41. The van der Waals surface area contributed by atoms with Gasteiger partial charge in [0.1, 0.15) is 6.10 Å². The monoisotopic (exact) mass is 215 g/mol. The van der Waals surface area contributed by atoms with Crippen LogP contribution >= 0.6 is 0 Å². The highest BCUT2D eigenvalue weighted by Crippen LogP contribution is 2.15. The first kappa shape index (κ1) is 11.8. The first-order valence-corrected chi connectivity index (χ1v) is 5.16. The van der Waals surface area contributed by atoms with Crippen molar-refractivity contribution in [1.29, 1.82) is 0 Å². The Bertz CT molecular complexity index is 252. The minimum absolute atomic E-state index is 0.0960. The fourth-order valence-corrected chi connectivity index (χ4v) is 1.61. The molecule has 0 aliphatic carbocycles. The summed E-state index contributed by atoms with van der Waals surface area (Å²) in [5.41, 5.74) is 0. The molecule has 0 aromatic carbocycles. The molecule has 1 amide bonds. The van der Waals surface area contributed by atoms with Gasteiger partial charge < -0.3 is 14.7 Å². The van der Waals surface area contributed by atoms with Crippen LogP contribution in [0.2, 0.25) is 0 Å². The molecule has 0 bridgehead atoms. The topological polar surface area (TPSA) is 66.8 Å². The van der Waals surface area contributed by atoms with Crippen LogP contribution in [-0.4, -0.2) is 41.3 Å². The Morgan fingerprint density at radius 3 is 2.80 bits per heavy atom. The van der Waals surface area contributed by atoms with Gasteiger partial charge in [-0.3, -0.25) is 4.79 Å². The summed E-state index contributed by atoms with van der Waals surface area (Å²) in [6.45, 7) is 5.31. The fraction of sp³-hybridized carbons (Fsp3) is 0.800. The zero-order valence-electron chi connectivity index (χ0n) is 9.10. The molecule has 0 aromatic rings. The van der Waals surface area contributed by atoms with Gasteiger partial charge in [0.05, 0.1) is 6.42 Å². The molecule has 0 saturated carbocycles. The standard InChI is InChI=1S/C10H17NO4/c1-7(2)6-11-4-3-8(5-9(12)13)15-10(11)14/h7-8H,3-6H2,1-2H3,(H,12,13). The Morgan fingerprint density at radius 2 is 2.33 bits per heavy atom. The third-order valence-corrected chi connectivity index (χ3v) is 2.23. The van der Waals surface area contributed by atoms with E-state index in [2.05, 4.69) is 0 Å². The largest absolute Gasteiger partial charge is 0.481 e. The molecule has 5 heteroatoms.